The molecule has 0 saturated heterocycles. The molecule has 2 rings (SSSR count). The van der Waals surface area contributed by atoms with Crippen LogP contribution in [0.4, 0.5) is 5.69 Å². The number of hydrogen-bond acceptors (Lipinski definition) is 7. The Bertz CT molecular complexity index is 1010. The second-order valence-corrected chi connectivity index (χ2v) is 4.69. The molecule has 0 fully saturated rings. The van der Waals surface area contributed by atoms with Crippen molar-refractivity contribution in [3.63, 3.8) is 0 Å². The van der Waals surface area contributed by atoms with Crippen LogP contribution in [0.25, 0.3) is 17.4 Å². The number of nitrogens with zero attached hydrogens (tertiary/aromatic N) is 4. The van der Waals surface area contributed by atoms with Crippen molar-refractivity contribution in [2.45, 2.75) is 0 Å². The zero-order valence-corrected chi connectivity index (χ0v) is 12.6. The minimum Gasteiger partial charge on any atom is -0.457 e. The molecule has 0 radical (unpaired) electrons. The van der Waals surface area contributed by atoms with E-state index in [4.69, 9.17) is 25.9 Å². The lowest BCUT2D eigenvalue weighted by Gasteiger charge is -1.98. The van der Waals surface area contributed by atoms with Crippen LogP contribution in [0.2, 0.25) is 0 Å². The van der Waals surface area contributed by atoms with Crippen molar-refractivity contribution in [3.8, 4) is 29.5 Å². The fourth-order valence-electron chi connectivity index (χ4n) is 1.95. The summed E-state index contributed by atoms with van der Waals surface area (Å²) in [7, 11) is 0. The fraction of sp³-hybridized carbons (Fsp3) is 0. The van der Waals surface area contributed by atoms with Crippen LogP contribution in [-0.2, 0) is 0 Å². The van der Waals surface area contributed by atoms with Crippen molar-refractivity contribution in [1.82, 2.24) is 0 Å². The number of benzene rings is 1. The lowest BCUT2D eigenvalue weighted by atomic mass is 10.1. The van der Waals surface area contributed by atoms with Crippen molar-refractivity contribution in [2.75, 3.05) is 0 Å². The van der Waals surface area contributed by atoms with E-state index in [0.29, 0.717) is 11.3 Å². The van der Waals surface area contributed by atoms with Gasteiger partial charge in [-0.05, 0) is 12.1 Å². The molecule has 1 heterocycles. The van der Waals surface area contributed by atoms with Crippen LogP contribution in [0.5, 0.6) is 0 Å². The highest BCUT2D eigenvalue weighted by atomic mass is 16.6. The van der Waals surface area contributed by atoms with Gasteiger partial charge in [0.05, 0.1) is 16.2 Å². The molecular formula is C17H9N5O3. The van der Waals surface area contributed by atoms with E-state index in [2.05, 4.69) is 0 Å². The lowest BCUT2D eigenvalue weighted by Crippen LogP contribution is -2.03. The fourth-order valence-corrected chi connectivity index (χ4v) is 1.95. The average Bonchev–Trinajstić information content (AvgIpc) is 3.09. The number of furan rings is 1. The first kappa shape index (κ1) is 17.0. The maximum absolute atomic E-state index is 10.8. The molecule has 0 amide bonds. The molecule has 0 saturated carbocycles. The van der Waals surface area contributed by atoms with Crippen LogP contribution >= 0.6 is 0 Å². The summed E-state index contributed by atoms with van der Waals surface area (Å²) in [6.07, 6.45) is 1.28. The first-order valence-corrected chi connectivity index (χ1v) is 6.77. The van der Waals surface area contributed by atoms with Crippen LogP contribution in [0, 0.1) is 44.1 Å². The van der Waals surface area contributed by atoms with Gasteiger partial charge in [-0.3, -0.25) is 10.1 Å². The van der Waals surface area contributed by atoms with Crippen LogP contribution in [-0.4, -0.2) is 4.92 Å². The summed E-state index contributed by atoms with van der Waals surface area (Å²) in [4.78, 5) is 10.3. The second-order valence-electron chi connectivity index (χ2n) is 4.69. The molecule has 0 spiro atoms. The maximum atomic E-state index is 10.8. The van der Waals surface area contributed by atoms with Gasteiger partial charge < -0.3 is 10.2 Å². The van der Waals surface area contributed by atoms with E-state index in [1.54, 1.807) is 30.3 Å². The minimum absolute atomic E-state index is 0.0800. The molecule has 0 aliphatic heterocycles. The van der Waals surface area contributed by atoms with Gasteiger partial charge in [-0.25, -0.2) is 0 Å². The van der Waals surface area contributed by atoms with Gasteiger partial charge in [-0.2, -0.15) is 15.8 Å². The molecule has 0 unspecified atom stereocenters. The van der Waals surface area contributed by atoms with Crippen molar-refractivity contribution < 1.29 is 9.34 Å². The third-order valence-corrected chi connectivity index (χ3v) is 3.16. The predicted molar refractivity (Wildman–Crippen MR) is 86.8 cm³/mol. The smallest absolute Gasteiger partial charge is 0.270 e. The number of allylic oxidation sites excluding steroid dienone is 2. The van der Waals surface area contributed by atoms with Crippen LogP contribution in [0.15, 0.2) is 57.7 Å². The number of non-ortho nitro benzene ring substituents is 1. The Balaban J connectivity index is 2.42. The van der Waals surface area contributed by atoms with Crippen molar-refractivity contribution in [3.05, 3.63) is 69.1 Å². The number of nitro groups is 1. The zero-order chi connectivity index (χ0) is 18.4. The Morgan fingerprint density at radius 3 is 2.48 bits per heavy atom. The van der Waals surface area contributed by atoms with Crippen molar-refractivity contribution in [2.24, 2.45) is 5.73 Å². The predicted octanol–water partition coefficient (Wildman–Crippen LogP) is 3.02. The van der Waals surface area contributed by atoms with Gasteiger partial charge in [0, 0.05) is 23.8 Å². The van der Waals surface area contributed by atoms with Crippen LogP contribution in [0.3, 0.4) is 0 Å². The lowest BCUT2D eigenvalue weighted by molar-refractivity contribution is -0.384. The van der Waals surface area contributed by atoms with Gasteiger partial charge in [0.15, 0.2) is 5.57 Å². The van der Waals surface area contributed by atoms with E-state index in [9.17, 15) is 10.1 Å². The Morgan fingerprint density at radius 1 is 1.16 bits per heavy atom. The first-order valence-electron chi connectivity index (χ1n) is 6.77. The third kappa shape index (κ3) is 3.70. The quantitative estimate of drug-likeness (QED) is 0.391. The molecule has 0 atom stereocenters. The van der Waals surface area contributed by atoms with Gasteiger partial charge in [0.25, 0.3) is 5.69 Å². The van der Waals surface area contributed by atoms with E-state index >= 15 is 0 Å². The number of nitrogens with two attached hydrogens (primary N) is 1. The Hall–Kier alpha value is -4.35. The number of nitriles is 3. The first-order chi connectivity index (χ1) is 12.0. The van der Waals surface area contributed by atoms with Crippen LogP contribution in [0.1, 0.15) is 5.76 Å². The molecule has 120 valence electrons. The van der Waals surface area contributed by atoms with Gasteiger partial charge in [0.1, 0.15) is 29.7 Å². The van der Waals surface area contributed by atoms with E-state index in [1.165, 1.54) is 30.3 Å². The normalized spacial score (nSPS) is 10.2. The molecule has 0 bridgehead atoms. The molecular weight excluding hydrogens is 322 g/mol. The van der Waals surface area contributed by atoms with Gasteiger partial charge >= 0.3 is 0 Å². The van der Waals surface area contributed by atoms with Crippen LogP contribution < -0.4 is 5.73 Å². The molecule has 8 heteroatoms. The topological polar surface area (TPSA) is 154 Å². The monoisotopic (exact) mass is 331 g/mol. The Labute approximate surface area is 142 Å². The van der Waals surface area contributed by atoms with E-state index in [0.717, 1.165) is 0 Å². The van der Waals surface area contributed by atoms with Gasteiger partial charge in [-0.15, -0.1) is 0 Å². The number of hydrogen-bond donors (Lipinski definition) is 1. The zero-order valence-electron chi connectivity index (χ0n) is 12.6. The summed E-state index contributed by atoms with van der Waals surface area (Å²) >= 11 is 0. The van der Waals surface area contributed by atoms with Crippen molar-refractivity contribution >= 4 is 11.8 Å². The summed E-state index contributed by atoms with van der Waals surface area (Å²) < 4.78 is 5.54. The summed E-state index contributed by atoms with van der Waals surface area (Å²) in [5.41, 5.74) is 5.33. The molecule has 2 aromatic rings. The molecule has 25 heavy (non-hydrogen) atoms. The highest BCUT2D eigenvalue weighted by molar-refractivity contribution is 5.67. The second kappa shape index (κ2) is 7.28. The van der Waals surface area contributed by atoms with E-state index < -0.39 is 4.92 Å². The average molecular weight is 331 g/mol. The molecule has 0 aliphatic carbocycles. The largest absolute Gasteiger partial charge is 0.457 e. The molecule has 1 aromatic carbocycles. The summed E-state index contributed by atoms with van der Waals surface area (Å²) in [5, 5.41) is 37.6. The molecule has 8 nitrogen and oxygen atoms in total. The summed E-state index contributed by atoms with van der Waals surface area (Å²) in [6.45, 7) is 0. The highest BCUT2D eigenvalue weighted by Crippen LogP contribution is 2.27. The molecule has 0 aliphatic rings. The SMILES string of the molecule is N#CC(C#N)=C(N)/C(C#N)=C/c1ccc(-c2cccc([N+](=O)[O-])c2)o1. The van der Waals surface area contributed by atoms with E-state index in [1.807, 2.05) is 0 Å². The van der Waals surface area contributed by atoms with Crippen molar-refractivity contribution in [1.29, 1.82) is 15.8 Å². The Kier molecular flexibility index (Phi) is 4.95. The highest BCUT2D eigenvalue weighted by Gasteiger charge is 2.12. The number of rotatable bonds is 4. The number of nitro benzene ring substituents is 1. The van der Waals surface area contributed by atoms with E-state index in [-0.39, 0.29) is 28.3 Å². The van der Waals surface area contributed by atoms with Gasteiger partial charge in [0.2, 0.25) is 0 Å². The molecule has 1 aromatic heterocycles. The summed E-state index contributed by atoms with van der Waals surface area (Å²) in [6, 6.07) is 14.0. The standard InChI is InChI=1S/C17H9N5O3/c18-8-12(17(21)13(9-19)10-20)7-15-4-5-16(25-15)11-2-1-3-14(6-11)22(23)24/h1-7H,21H2/b12-7+. The summed E-state index contributed by atoms with van der Waals surface area (Å²) in [5.74, 6) is 0.604. The third-order valence-electron chi connectivity index (χ3n) is 3.16. The Morgan fingerprint density at radius 2 is 1.88 bits per heavy atom. The van der Waals surface area contributed by atoms with Gasteiger partial charge in [-0.1, -0.05) is 12.1 Å². The molecule has 2 N–H and O–H groups in total. The maximum Gasteiger partial charge on any atom is 0.270 e. The minimum atomic E-state index is -0.516.